The molecule has 1 aromatic carbocycles. The molecule has 0 spiro atoms. The van der Waals surface area contributed by atoms with E-state index in [-0.39, 0.29) is 5.54 Å². The van der Waals surface area contributed by atoms with Gasteiger partial charge in [-0.2, -0.15) is 0 Å². The molecule has 2 N–H and O–H groups in total. The molecule has 0 radical (unpaired) electrons. The van der Waals surface area contributed by atoms with Gasteiger partial charge >= 0.3 is 0 Å². The number of nitrogens with two attached hydrogens (primary N) is 1. The first-order chi connectivity index (χ1) is 8.70. The van der Waals surface area contributed by atoms with Gasteiger partial charge in [-0.1, -0.05) is 12.1 Å². The summed E-state index contributed by atoms with van der Waals surface area (Å²) in [6, 6.07) is 6.10. The highest BCUT2D eigenvalue weighted by Crippen LogP contribution is 2.41. The second-order valence-electron chi connectivity index (χ2n) is 5.66. The fourth-order valence-electron chi connectivity index (χ4n) is 2.37. The molecule has 2 saturated carbocycles. The Kier molecular flexibility index (Phi) is 2.94. The van der Waals surface area contributed by atoms with E-state index < -0.39 is 0 Å². The number of para-hydroxylation sites is 1. The van der Waals surface area contributed by atoms with Crippen molar-refractivity contribution in [1.29, 1.82) is 0 Å². The van der Waals surface area contributed by atoms with Crippen molar-refractivity contribution in [2.45, 2.75) is 50.2 Å². The highest BCUT2D eigenvalue weighted by molar-refractivity contribution is 5.48. The van der Waals surface area contributed by atoms with Gasteiger partial charge < -0.3 is 15.2 Å². The van der Waals surface area contributed by atoms with Gasteiger partial charge in [0.1, 0.15) is 0 Å². The van der Waals surface area contributed by atoms with Gasteiger partial charge in [-0.3, -0.25) is 0 Å². The number of ether oxygens (including phenoxy) is 2. The molecule has 0 heterocycles. The maximum Gasteiger partial charge on any atom is 0.164 e. The molecule has 0 aromatic heterocycles. The van der Waals surface area contributed by atoms with E-state index in [0.29, 0.717) is 6.10 Å². The average Bonchev–Trinajstić information content (AvgIpc) is 3.02. The van der Waals surface area contributed by atoms with E-state index in [1.165, 1.54) is 12.0 Å². The fraction of sp³-hybridized carbons (Fsp3) is 0.600. The van der Waals surface area contributed by atoms with Gasteiger partial charge in [0.05, 0.1) is 13.2 Å². The van der Waals surface area contributed by atoms with E-state index >= 15 is 0 Å². The van der Waals surface area contributed by atoms with Crippen molar-refractivity contribution in [3.05, 3.63) is 23.8 Å². The molecule has 0 bridgehead atoms. The molecule has 0 unspecified atom stereocenters. The molecule has 0 atom stereocenters. The fourth-order valence-corrected chi connectivity index (χ4v) is 2.37. The van der Waals surface area contributed by atoms with Crippen LogP contribution >= 0.6 is 0 Å². The molecule has 98 valence electrons. The first-order valence-corrected chi connectivity index (χ1v) is 6.82. The minimum absolute atomic E-state index is 0.00406. The molecule has 1 aromatic rings. The molecule has 2 aliphatic carbocycles. The number of hydrogen-bond acceptors (Lipinski definition) is 3. The molecule has 2 fully saturated rings. The molecular formula is C15H21NO2. The zero-order valence-corrected chi connectivity index (χ0v) is 10.9. The average molecular weight is 247 g/mol. The summed E-state index contributed by atoms with van der Waals surface area (Å²) < 4.78 is 11.5. The molecule has 0 saturated heterocycles. The summed E-state index contributed by atoms with van der Waals surface area (Å²) in [7, 11) is 1.70. The highest BCUT2D eigenvalue weighted by Gasteiger charge is 2.39. The van der Waals surface area contributed by atoms with Gasteiger partial charge in [0, 0.05) is 5.54 Å². The topological polar surface area (TPSA) is 44.5 Å². The van der Waals surface area contributed by atoms with E-state index in [4.69, 9.17) is 15.2 Å². The number of rotatable bonds is 5. The Labute approximate surface area is 108 Å². The Balaban J connectivity index is 1.85. The summed E-state index contributed by atoms with van der Waals surface area (Å²) in [4.78, 5) is 0. The lowest BCUT2D eigenvalue weighted by Gasteiger charge is -2.28. The van der Waals surface area contributed by atoms with E-state index in [0.717, 1.165) is 43.6 Å². The summed E-state index contributed by atoms with van der Waals surface area (Å²) in [5.74, 6) is 1.75. The standard InChI is InChI=1S/C15H21NO2/c1-17-13-7-2-4-11(10-15(16)8-9-15)14(13)18-12-5-3-6-12/h2,4,7,12H,3,5-6,8-10,16H2,1H3. The SMILES string of the molecule is COc1cccc(CC2(N)CC2)c1OC1CCC1. The second-order valence-corrected chi connectivity index (χ2v) is 5.66. The Morgan fingerprint density at radius 3 is 2.67 bits per heavy atom. The van der Waals surface area contributed by atoms with E-state index in [2.05, 4.69) is 6.07 Å². The van der Waals surface area contributed by atoms with E-state index in [9.17, 15) is 0 Å². The lowest BCUT2D eigenvalue weighted by Crippen LogP contribution is -2.27. The van der Waals surface area contributed by atoms with Crippen molar-refractivity contribution in [2.24, 2.45) is 5.73 Å². The zero-order valence-electron chi connectivity index (χ0n) is 10.9. The van der Waals surface area contributed by atoms with Crippen molar-refractivity contribution in [3.8, 4) is 11.5 Å². The first-order valence-electron chi connectivity index (χ1n) is 6.82. The van der Waals surface area contributed by atoms with E-state index in [1.54, 1.807) is 7.11 Å². The van der Waals surface area contributed by atoms with Crippen LogP contribution in [-0.2, 0) is 6.42 Å². The van der Waals surface area contributed by atoms with Gasteiger partial charge in [-0.25, -0.2) is 0 Å². The second kappa shape index (κ2) is 4.47. The van der Waals surface area contributed by atoms with Crippen LogP contribution in [0.5, 0.6) is 11.5 Å². The van der Waals surface area contributed by atoms with Gasteiger partial charge in [0.2, 0.25) is 0 Å². The summed E-state index contributed by atoms with van der Waals surface area (Å²) in [6.45, 7) is 0. The van der Waals surface area contributed by atoms with Crippen LogP contribution in [0.25, 0.3) is 0 Å². The van der Waals surface area contributed by atoms with Crippen LogP contribution in [0, 0.1) is 0 Å². The summed E-state index contributed by atoms with van der Waals surface area (Å²) >= 11 is 0. The third-order valence-electron chi connectivity index (χ3n) is 4.05. The minimum Gasteiger partial charge on any atom is -0.493 e. The Morgan fingerprint density at radius 1 is 1.33 bits per heavy atom. The van der Waals surface area contributed by atoms with E-state index in [1.807, 2.05) is 12.1 Å². The Morgan fingerprint density at radius 2 is 2.11 bits per heavy atom. The Bertz CT molecular complexity index is 436. The third kappa shape index (κ3) is 2.32. The molecular weight excluding hydrogens is 226 g/mol. The predicted molar refractivity (Wildman–Crippen MR) is 71.1 cm³/mol. The van der Waals surface area contributed by atoms with Crippen LogP contribution in [0.4, 0.5) is 0 Å². The van der Waals surface area contributed by atoms with Crippen molar-refractivity contribution in [1.82, 2.24) is 0 Å². The smallest absolute Gasteiger partial charge is 0.164 e. The highest BCUT2D eigenvalue weighted by atomic mass is 16.5. The van der Waals surface area contributed by atoms with Gasteiger partial charge in [0.15, 0.2) is 11.5 Å². The van der Waals surface area contributed by atoms with Gasteiger partial charge in [-0.15, -0.1) is 0 Å². The molecule has 3 nitrogen and oxygen atoms in total. The van der Waals surface area contributed by atoms with Crippen molar-refractivity contribution < 1.29 is 9.47 Å². The zero-order chi connectivity index (χ0) is 12.6. The molecule has 3 rings (SSSR count). The lowest BCUT2D eigenvalue weighted by atomic mass is 9.95. The normalized spacial score (nSPS) is 21.2. The number of methoxy groups -OCH3 is 1. The summed E-state index contributed by atoms with van der Waals surface area (Å²) in [5.41, 5.74) is 7.42. The predicted octanol–water partition coefficient (Wildman–Crippen LogP) is 2.66. The molecule has 3 heteroatoms. The van der Waals surface area contributed by atoms with Crippen LogP contribution in [0.3, 0.4) is 0 Å². The minimum atomic E-state index is 0.00406. The maximum absolute atomic E-state index is 6.22. The molecule has 0 aliphatic heterocycles. The first kappa shape index (κ1) is 11.8. The van der Waals surface area contributed by atoms with Crippen LogP contribution in [0.1, 0.15) is 37.7 Å². The number of hydrogen-bond donors (Lipinski definition) is 1. The quantitative estimate of drug-likeness (QED) is 0.870. The summed E-state index contributed by atoms with van der Waals surface area (Å²) in [5, 5.41) is 0. The molecule has 2 aliphatic rings. The monoisotopic (exact) mass is 247 g/mol. The van der Waals surface area contributed by atoms with Crippen LogP contribution in [0.15, 0.2) is 18.2 Å². The van der Waals surface area contributed by atoms with Crippen molar-refractivity contribution >= 4 is 0 Å². The van der Waals surface area contributed by atoms with Crippen molar-refractivity contribution in [2.75, 3.05) is 7.11 Å². The Hall–Kier alpha value is -1.22. The van der Waals surface area contributed by atoms with Crippen LogP contribution < -0.4 is 15.2 Å². The van der Waals surface area contributed by atoms with Gasteiger partial charge in [0.25, 0.3) is 0 Å². The third-order valence-corrected chi connectivity index (χ3v) is 4.05. The maximum atomic E-state index is 6.22. The summed E-state index contributed by atoms with van der Waals surface area (Å²) in [6.07, 6.45) is 7.09. The van der Waals surface area contributed by atoms with Crippen molar-refractivity contribution in [3.63, 3.8) is 0 Å². The lowest BCUT2D eigenvalue weighted by molar-refractivity contribution is 0.114. The van der Waals surface area contributed by atoms with Crippen LogP contribution in [-0.4, -0.2) is 18.8 Å². The van der Waals surface area contributed by atoms with Crippen LogP contribution in [0.2, 0.25) is 0 Å². The molecule has 0 amide bonds. The molecule has 18 heavy (non-hydrogen) atoms. The largest absolute Gasteiger partial charge is 0.493 e. The van der Waals surface area contributed by atoms with Gasteiger partial charge in [-0.05, 0) is 50.2 Å². The number of benzene rings is 1.